The number of carbonyl (C=O) groups excluding carboxylic acids is 1. The van der Waals surface area contributed by atoms with Gasteiger partial charge in [0.1, 0.15) is 13.2 Å². The number of aliphatic hydroxyl groups is 1. The molecule has 0 aliphatic heterocycles. The molecular formula is C41H81N2O6P. The average Bonchev–Trinajstić information content (AvgIpc) is 3.06. The number of phosphoric ester groups is 1. The molecule has 0 aromatic rings. The highest BCUT2D eigenvalue weighted by Gasteiger charge is 2.24. The van der Waals surface area contributed by atoms with E-state index in [0.717, 1.165) is 64.2 Å². The number of amides is 1. The Bertz CT molecular complexity index is 876. The Morgan fingerprint density at radius 2 is 1.16 bits per heavy atom. The molecule has 50 heavy (non-hydrogen) atoms. The normalized spacial score (nSPS) is 14.8. The fraction of sp³-hybridized carbons (Fsp3) is 0.878. The number of hydrogen-bond donors (Lipinski definition) is 2. The fourth-order valence-corrected chi connectivity index (χ4v) is 6.56. The van der Waals surface area contributed by atoms with Gasteiger partial charge < -0.3 is 28.8 Å². The third kappa shape index (κ3) is 35.4. The van der Waals surface area contributed by atoms with Crippen LogP contribution in [0.3, 0.4) is 0 Å². The third-order valence-corrected chi connectivity index (χ3v) is 10.2. The minimum absolute atomic E-state index is 0.00952. The number of hydrogen-bond acceptors (Lipinski definition) is 6. The molecule has 0 saturated carbocycles. The van der Waals surface area contributed by atoms with Crippen molar-refractivity contribution < 1.29 is 32.9 Å². The van der Waals surface area contributed by atoms with E-state index in [1.165, 1.54) is 89.9 Å². The second-order valence-electron chi connectivity index (χ2n) is 15.3. The van der Waals surface area contributed by atoms with Crippen LogP contribution in [0.4, 0.5) is 0 Å². The Morgan fingerprint density at radius 1 is 0.700 bits per heavy atom. The first-order valence-corrected chi connectivity index (χ1v) is 22.1. The number of quaternary nitrogens is 1. The lowest BCUT2D eigenvalue weighted by Gasteiger charge is -2.30. The maximum Gasteiger partial charge on any atom is 0.268 e. The molecule has 296 valence electrons. The van der Waals surface area contributed by atoms with E-state index in [1.807, 2.05) is 21.1 Å². The van der Waals surface area contributed by atoms with Crippen molar-refractivity contribution >= 4 is 13.7 Å². The SMILES string of the molecule is CCCCCC/C=C\C/C=C\CCCCCCCC(=O)NC(COP(=O)([O-])OCC[N+](C)(C)C)C(O)CCCCCCCCCCCCCC. The largest absolute Gasteiger partial charge is 0.756 e. The minimum Gasteiger partial charge on any atom is -0.756 e. The molecule has 3 unspecified atom stereocenters. The first-order chi connectivity index (χ1) is 24.0. The quantitative estimate of drug-likeness (QED) is 0.0285. The van der Waals surface area contributed by atoms with E-state index in [4.69, 9.17) is 9.05 Å². The Labute approximate surface area is 309 Å². The van der Waals surface area contributed by atoms with E-state index in [1.54, 1.807) is 0 Å². The molecule has 0 aliphatic rings. The van der Waals surface area contributed by atoms with Crippen LogP contribution in [0.15, 0.2) is 24.3 Å². The van der Waals surface area contributed by atoms with E-state index in [0.29, 0.717) is 23.9 Å². The van der Waals surface area contributed by atoms with Crippen molar-refractivity contribution in [3.63, 3.8) is 0 Å². The number of nitrogens with zero attached hydrogens (tertiary/aromatic N) is 1. The van der Waals surface area contributed by atoms with Gasteiger partial charge in [-0.15, -0.1) is 0 Å². The Hall–Kier alpha value is -1.02. The van der Waals surface area contributed by atoms with Crippen molar-refractivity contribution in [2.45, 2.75) is 193 Å². The highest BCUT2D eigenvalue weighted by molar-refractivity contribution is 7.45. The summed E-state index contributed by atoms with van der Waals surface area (Å²) in [6.45, 7) is 4.67. The van der Waals surface area contributed by atoms with Crippen LogP contribution in [0, 0.1) is 0 Å². The zero-order valence-electron chi connectivity index (χ0n) is 33.4. The summed E-state index contributed by atoms with van der Waals surface area (Å²) in [5, 5.41) is 13.8. The second kappa shape index (κ2) is 33.8. The van der Waals surface area contributed by atoms with Gasteiger partial charge in [0.05, 0.1) is 39.9 Å². The van der Waals surface area contributed by atoms with Crippen LogP contribution in [-0.2, 0) is 18.4 Å². The molecular weight excluding hydrogens is 647 g/mol. The summed E-state index contributed by atoms with van der Waals surface area (Å²) in [6, 6.07) is -0.804. The van der Waals surface area contributed by atoms with Gasteiger partial charge in [-0.2, -0.15) is 0 Å². The van der Waals surface area contributed by atoms with Crippen molar-refractivity contribution in [3.05, 3.63) is 24.3 Å². The molecule has 1 amide bonds. The van der Waals surface area contributed by atoms with Gasteiger partial charge in [0, 0.05) is 6.42 Å². The van der Waals surface area contributed by atoms with Gasteiger partial charge in [0.15, 0.2) is 0 Å². The summed E-state index contributed by atoms with van der Waals surface area (Å²) in [4.78, 5) is 25.2. The zero-order valence-corrected chi connectivity index (χ0v) is 34.2. The molecule has 0 rings (SSSR count). The average molecular weight is 729 g/mol. The monoisotopic (exact) mass is 729 g/mol. The number of nitrogens with one attached hydrogen (secondary N) is 1. The third-order valence-electron chi connectivity index (χ3n) is 9.19. The van der Waals surface area contributed by atoms with Gasteiger partial charge in [-0.05, 0) is 44.9 Å². The van der Waals surface area contributed by atoms with Crippen molar-refractivity contribution in [2.75, 3.05) is 40.9 Å². The van der Waals surface area contributed by atoms with Gasteiger partial charge in [0.2, 0.25) is 5.91 Å². The summed E-state index contributed by atoms with van der Waals surface area (Å²) in [6.07, 6.45) is 37.4. The molecule has 0 heterocycles. The number of likely N-dealkylation sites (N-methyl/N-ethyl adjacent to an activating group) is 1. The zero-order chi connectivity index (χ0) is 37.2. The van der Waals surface area contributed by atoms with Gasteiger partial charge in [-0.3, -0.25) is 9.36 Å². The van der Waals surface area contributed by atoms with E-state index in [-0.39, 0.29) is 19.1 Å². The number of allylic oxidation sites excluding steroid dienone is 4. The fourth-order valence-electron chi connectivity index (χ4n) is 5.83. The molecule has 0 bridgehead atoms. The van der Waals surface area contributed by atoms with Crippen molar-refractivity contribution in [1.82, 2.24) is 5.32 Å². The van der Waals surface area contributed by atoms with Crippen molar-refractivity contribution in [2.24, 2.45) is 0 Å². The number of rotatable bonds is 37. The Kier molecular flexibility index (Phi) is 33.1. The minimum atomic E-state index is -4.56. The molecule has 0 fully saturated rings. The summed E-state index contributed by atoms with van der Waals surface area (Å²) in [5.74, 6) is -0.180. The topological polar surface area (TPSA) is 108 Å². The van der Waals surface area contributed by atoms with E-state index >= 15 is 0 Å². The van der Waals surface area contributed by atoms with Crippen LogP contribution < -0.4 is 10.2 Å². The lowest BCUT2D eigenvalue weighted by molar-refractivity contribution is -0.870. The molecule has 0 spiro atoms. The van der Waals surface area contributed by atoms with Crippen LogP contribution in [-0.4, -0.2) is 68.5 Å². The van der Waals surface area contributed by atoms with E-state index in [2.05, 4.69) is 43.5 Å². The van der Waals surface area contributed by atoms with Crippen LogP contribution in [0.5, 0.6) is 0 Å². The molecule has 9 heteroatoms. The standard InChI is InChI=1S/C41H81N2O6P/c1-6-8-10-12-14-16-18-20-21-22-23-25-27-29-31-33-35-41(45)42-39(38-49-50(46,47)48-37-36-43(3,4)5)40(44)34-32-30-28-26-24-19-17-15-13-11-9-7-2/h16,18,21-22,39-40,44H,6-15,17,19-20,23-38H2,1-5H3,(H-,42,45,46,47)/b18-16-,22-21-. The highest BCUT2D eigenvalue weighted by atomic mass is 31.2. The molecule has 8 nitrogen and oxygen atoms in total. The Balaban J connectivity index is 4.44. The number of phosphoric acid groups is 1. The van der Waals surface area contributed by atoms with Crippen LogP contribution in [0.25, 0.3) is 0 Å². The molecule has 0 aromatic heterocycles. The predicted molar refractivity (Wildman–Crippen MR) is 210 cm³/mol. The van der Waals surface area contributed by atoms with Gasteiger partial charge in [-0.25, -0.2) is 0 Å². The maximum atomic E-state index is 12.8. The Morgan fingerprint density at radius 3 is 1.68 bits per heavy atom. The van der Waals surface area contributed by atoms with Gasteiger partial charge >= 0.3 is 0 Å². The van der Waals surface area contributed by atoms with Gasteiger partial charge in [0.25, 0.3) is 7.82 Å². The van der Waals surface area contributed by atoms with Crippen LogP contribution >= 0.6 is 7.82 Å². The molecule has 2 N–H and O–H groups in total. The second-order valence-corrected chi connectivity index (χ2v) is 16.8. The predicted octanol–water partition coefficient (Wildman–Crippen LogP) is 10.3. The summed E-state index contributed by atoms with van der Waals surface area (Å²) < 4.78 is 23.2. The number of unbranched alkanes of at least 4 members (excludes halogenated alkanes) is 20. The number of carbonyl (C=O) groups is 1. The lowest BCUT2D eigenvalue weighted by atomic mass is 10.0. The van der Waals surface area contributed by atoms with E-state index < -0.39 is 20.0 Å². The lowest BCUT2D eigenvalue weighted by Crippen LogP contribution is -2.46. The molecule has 0 aromatic carbocycles. The van der Waals surface area contributed by atoms with E-state index in [9.17, 15) is 19.4 Å². The smallest absolute Gasteiger partial charge is 0.268 e. The number of aliphatic hydroxyl groups excluding tert-OH is 1. The first kappa shape index (κ1) is 49.0. The van der Waals surface area contributed by atoms with Crippen molar-refractivity contribution in [1.29, 1.82) is 0 Å². The maximum absolute atomic E-state index is 12.8. The van der Waals surface area contributed by atoms with Gasteiger partial charge in [-0.1, -0.05) is 154 Å². The first-order valence-electron chi connectivity index (χ1n) is 20.7. The highest BCUT2D eigenvalue weighted by Crippen LogP contribution is 2.38. The molecule has 0 saturated heterocycles. The summed E-state index contributed by atoms with van der Waals surface area (Å²) >= 11 is 0. The van der Waals surface area contributed by atoms with Crippen LogP contribution in [0.2, 0.25) is 0 Å². The summed E-state index contributed by atoms with van der Waals surface area (Å²) in [7, 11) is 1.29. The molecule has 3 atom stereocenters. The summed E-state index contributed by atoms with van der Waals surface area (Å²) in [5.41, 5.74) is 0. The molecule has 0 radical (unpaired) electrons. The van der Waals surface area contributed by atoms with Crippen molar-refractivity contribution in [3.8, 4) is 0 Å². The van der Waals surface area contributed by atoms with Crippen LogP contribution in [0.1, 0.15) is 181 Å². The molecule has 0 aliphatic carbocycles.